The monoisotopic (exact) mass is 139 g/mol. The van der Waals surface area contributed by atoms with E-state index in [0.29, 0.717) is 0 Å². The smallest absolute Gasteiger partial charge is 0.234 e. The van der Waals surface area contributed by atoms with Crippen LogP contribution in [0.25, 0.3) is 0 Å². The van der Waals surface area contributed by atoms with Crippen molar-refractivity contribution in [1.82, 2.24) is 0 Å². The maximum Gasteiger partial charge on any atom is 0.234 e. The highest BCUT2D eigenvalue weighted by atomic mass is 16.1. The van der Waals surface area contributed by atoms with E-state index in [9.17, 15) is 4.79 Å². The van der Waals surface area contributed by atoms with Gasteiger partial charge in [-0.3, -0.25) is 4.79 Å². The Bertz CT molecular complexity index is 291. The average Bonchev–Trinajstić information content (AvgIpc) is 1.94. The highest BCUT2D eigenvalue weighted by Crippen LogP contribution is 2.16. The molecule has 4 N–H and O–H groups in total. The third-order valence-electron chi connectivity index (χ3n) is 0.773. The van der Waals surface area contributed by atoms with Gasteiger partial charge in [-0.1, -0.05) is 20.6 Å². The Morgan fingerprint density at radius 2 is 2.11 bits per heavy atom. The molecule has 0 spiro atoms. The second kappa shape index (κ2) is 2.35. The molecule has 0 bridgehead atoms. The maximum atomic E-state index is 11.0. The van der Waals surface area contributed by atoms with E-state index in [1.807, 2.05) is 0 Å². The first kappa shape index (κ1) is 1.72. The van der Waals surface area contributed by atoms with Crippen molar-refractivity contribution in [3.8, 4) is 0 Å². The van der Waals surface area contributed by atoms with Crippen molar-refractivity contribution in [3.63, 3.8) is 0 Å². The molecule has 0 aromatic heterocycles. The van der Waals surface area contributed by atoms with E-state index in [1.165, 1.54) is 0 Å². The minimum absolute atomic E-state index is 1.50. The molecular formula is C6H14N2O. The summed E-state index contributed by atoms with van der Waals surface area (Å²) < 4.78 is 64.8. The normalized spacial score (nSPS) is 34.1. The molecule has 1 amide bonds. The molecule has 0 heterocycles. The number of hydrogen-bond acceptors (Lipinski definition) is 2. The summed E-state index contributed by atoms with van der Waals surface area (Å²) in [6.07, 6.45) is 0. The van der Waals surface area contributed by atoms with Gasteiger partial charge in [-0.25, -0.2) is 0 Å². The summed E-state index contributed by atoms with van der Waals surface area (Å²) in [5, 5.41) is 0. The molecule has 0 saturated heterocycles. The molecule has 0 aromatic carbocycles. The summed E-state index contributed by atoms with van der Waals surface area (Å²) >= 11 is 0. The van der Waals surface area contributed by atoms with Gasteiger partial charge < -0.3 is 11.5 Å². The summed E-state index contributed by atoms with van der Waals surface area (Å²) in [4.78, 5) is 11.0. The van der Waals surface area contributed by atoms with Crippen LogP contribution in [0.15, 0.2) is 0 Å². The van der Waals surface area contributed by atoms with Crippen molar-refractivity contribution in [2.24, 2.45) is 16.9 Å². The first-order valence-electron chi connectivity index (χ1n) is 6.65. The summed E-state index contributed by atoms with van der Waals surface area (Å²) in [6, 6.07) is -2.36. The molecule has 0 aliphatic carbocycles. The zero-order chi connectivity index (χ0) is 15.2. The molecule has 3 heteroatoms. The van der Waals surface area contributed by atoms with E-state index in [0.717, 1.165) is 0 Å². The molecular weight excluding hydrogens is 116 g/mol. The van der Waals surface area contributed by atoms with Crippen molar-refractivity contribution in [3.05, 3.63) is 0 Å². The maximum absolute atomic E-state index is 11.0. The number of primary amides is 1. The third kappa shape index (κ3) is 2.46. The fourth-order valence-electron chi connectivity index (χ4n) is 0.213. The first-order chi connectivity index (χ1) is 7.60. The van der Waals surface area contributed by atoms with E-state index in [4.69, 9.17) is 23.8 Å². The zero-order valence-corrected chi connectivity index (χ0v) is 4.64. The number of nitrogens with two attached hydrogens (primary N) is 2. The van der Waals surface area contributed by atoms with Crippen LogP contribution in [0, 0.1) is 5.41 Å². The predicted octanol–water partition coefficient (Wildman–Crippen LogP) is -0.155. The van der Waals surface area contributed by atoms with Crippen LogP contribution in [-0.2, 0) is 4.79 Å². The average molecular weight is 139 g/mol. The highest BCUT2D eigenvalue weighted by Gasteiger charge is 2.24. The predicted molar refractivity (Wildman–Crippen MR) is 36.6 cm³/mol. The van der Waals surface area contributed by atoms with Crippen LogP contribution in [-0.4, -0.2) is 11.9 Å². The summed E-state index contributed by atoms with van der Waals surface area (Å²) in [5.41, 5.74) is 6.59. The van der Waals surface area contributed by atoms with E-state index in [-0.39, 0.29) is 0 Å². The van der Waals surface area contributed by atoms with E-state index in [2.05, 4.69) is 0 Å². The molecule has 9 heavy (non-hydrogen) atoms. The van der Waals surface area contributed by atoms with Gasteiger partial charge in [0.1, 0.15) is 0 Å². The molecule has 0 aliphatic rings. The lowest BCUT2D eigenvalue weighted by Gasteiger charge is -2.23. The van der Waals surface area contributed by atoms with Crippen LogP contribution in [0.1, 0.15) is 32.9 Å². The molecule has 0 rings (SSSR count). The Balaban J connectivity index is 6.36. The summed E-state index contributed by atoms with van der Waals surface area (Å²) in [5.74, 6) is -1.50. The summed E-state index contributed by atoms with van der Waals surface area (Å²) in [7, 11) is 0. The Labute approximate surface area is 68.0 Å². The number of amides is 1. The molecule has 0 radical (unpaired) electrons. The second-order valence-electron chi connectivity index (χ2n) is 1.69. The molecule has 54 valence electrons. The number of rotatable bonds is 1. The Morgan fingerprint density at radius 1 is 1.67 bits per heavy atom. The SMILES string of the molecule is [2H]C([2H])([2H])C([C@H](N)C(N)=O)(C([2H])([2H])[2H])C([2H])([2H])[2H]. The van der Waals surface area contributed by atoms with Crippen molar-refractivity contribution in [2.45, 2.75) is 26.6 Å². The van der Waals surface area contributed by atoms with Crippen LogP contribution in [0.5, 0.6) is 0 Å². The Kier molecular flexibility index (Phi) is 0.450. The van der Waals surface area contributed by atoms with Crippen LogP contribution in [0.3, 0.4) is 0 Å². The standard InChI is InChI=1S/C6H14N2O/c1-6(2,3)4(7)5(8)9/h4H,7H2,1-3H3,(H2,8,9)/t4-/m1/s1/i1D3,2D3,3D3. The minimum atomic E-state index is -3.52. The molecule has 0 unspecified atom stereocenters. The van der Waals surface area contributed by atoms with Crippen molar-refractivity contribution < 1.29 is 17.1 Å². The summed E-state index contributed by atoms with van der Waals surface area (Å²) in [6.45, 7) is -10.5. The van der Waals surface area contributed by atoms with Gasteiger partial charge in [0, 0.05) is 12.3 Å². The van der Waals surface area contributed by atoms with Crippen LogP contribution >= 0.6 is 0 Å². The fourth-order valence-corrected chi connectivity index (χ4v) is 0.213. The van der Waals surface area contributed by atoms with Crippen LogP contribution in [0.2, 0.25) is 0 Å². The van der Waals surface area contributed by atoms with E-state index >= 15 is 0 Å². The molecule has 0 aliphatic heterocycles. The lowest BCUT2D eigenvalue weighted by Crippen LogP contribution is -2.46. The Morgan fingerprint density at radius 3 is 2.22 bits per heavy atom. The Hall–Kier alpha value is -0.570. The molecule has 0 saturated carbocycles. The second-order valence-corrected chi connectivity index (χ2v) is 1.69. The topological polar surface area (TPSA) is 69.1 Å². The number of carbonyl (C=O) groups is 1. The van der Waals surface area contributed by atoms with Crippen molar-refractivity contribution >= 4 is 5.91 Å². The van der Waals surface area contributed by atoms with Crippen molar-refractivity contribution in [2.75, 3.05) is 0 Å². The van der Waals surface area contributed by atoms with E-state index < -0.39 is 37.9 Å². The van der Waals surface area contributed by atoms with Gasteiger partial charge in [-0.05, 0) is 5.41 Å². The van der Waals surface area contributed by atoms with Gasteiger partial charge in [-0.15, -0.1) is 0 Å². The van der Waals surface area contributed by atoms with Crippen LogP contribution < -0.4 is 11.5 Å². The molecule has 3 nitrogen and oxygen atoms in total. The van der Waals surface area contributed by atoms with Gasteiger partial charge in [-0.2, -0.15) is 0 Å². The van der Waals surface area contributed by atoms with Gasteiger partial charge in [0.25, 0.3) is 0 Å². The minimum Gasteiger partial charge on any atom is -0.368 e. The van der Waals surface area contributed by atoms with E-state index in [1.54, 1.807) is 0 Å². The lowest BCUT2D eigenvalue weighted by molar-refractivity contribution is -0.121. The first-order valence-corrected chi connectivity index (χ1v) is 2.15. The van der Waals surface area contributed by atoms with Crippen LogP contribution in [0.4, 0.5) is 0 Å². The highest BCUT2D eigenvalue weighted by molar-refractivity contribution is 5.80. The van der Waals surface area contributed by atoms with Gasteiger partial charge >= 0.3 is 0 Å². The molecule has 0 fully saturated rings. The zero-order valence-electron chi connectivity index (χ0n) is 13.6. The molecule has 0 aromatic rings. The molecule has 1 atom stereocenters. The quantitative estimate of drug-likeness (QED) is 0.530. The van der Waals surface area contributed by atoms with Gasteiger partial charge in [0.05, 0.1) is 6.04 Å². The third-order valence-corrected chi connectivity index (χ3v) is 0.773. The number of carbonyl (C=O) groups excluding carboxylic acids is 1. The van der Waals surface area contributed by atoms with Crippen molar-refractivity contribution in [1.29, 1.82) is 0 Å². The number of hydrogen-bond donors (Lipinski definition) is 2. The van der Waals surface area contributed by atoms with Gasteiger partial charge in [0.15, 0.2) is 0 Å². The largest absolute Gasteiger partial charge is 0.368 e. The van der Waals surface area contributed by atoms with Gasteiger partial charge in [0.2, 0.25) is 5.91 Å². The fraction of sp³-hybridized carbons (Fsp3) is 0.833. The lowest BCUT2D eigenvalue weighted by atomic mass is 9.87.